The standard InChI is InChI=1S/C26H27N3O7/c1-28-15-6-4-5-12-13(15)8-10-7-11-9-14-19(29(2)3)22(32)18(25(27)35)24(34)26(14,36)23(33)17(11)21(31)16(10)20(12)30/h4-6,8,11,14,19,28,30,32-33,36H,7,9H2,1-3H3,(H2,27,35)/t11-,14-,19-,26-/m0/s1. The lowest BCUT2D eigenvalue weighted by molar-refractivity contribution is -0.148. The van der Waals surface area contributed by atoms with Crippen molar-refractivity contribution in [2.24, 2.45) is 17.6 Å². The number of aliphatic hydroxyl groups is 3. The van der Waals surface area contributed by atoms with Crippen molar-refractivity contribution in [1.29, 1.82) is 0 Å². The zero-order chi connectivity index (χ0) is 26.3. The number of ketones is 2. The van der Waals surface area contributed by atoms with Crippen LogP contribution in [0.2, 0.25) is 0 Å². The van der Waals surface area contributed by atoms with Crippen LogP contribution in [-0.2, 0) is 16.0 Å². The van der Waals surface area contributed by atoms with Crippen LogP contribution in [0.25, 0.3) is 10.8 Å². The number of phenols is 1. The first kappa shape index (κ1) is 23.8. The zero-order valence-electron chi connectivity index (χ0n) is 20.0. The number of hydrogen-bond donors (Lipinski definition) is 6. The highest BCUT2D eigenvalue weighted by Crippen LogP contribution is 2.53. The van der Waals surface area contributed by atoms with Gasteiger partial charge in [-0.25, -0.2) is 0 Å². The molecule has 0 heterocycles. The molecule has 10 heteroatoms. The molecule has 188 valence electrons. The predicted molar refractivity (Wildman–Crippen MR) is 131 cm³/mol. The summed E-state index contributed by atoms with van der Waals surface area (Å²) in [6.07, 6.45) is 0.300. The van der Waals surface area contributed by atoms with Gasteiger partial charge in [0.1, 0.15) is 22.8 Å². The van der Waals surface area contributed by atoms with Gasteiger partial charge in [0.15, 0.2) is 11.4 Å². The quantitative estimate of drug-likeness (QED) is 0.345. The van der Waals surface area contributed by atoms with Gasteiger partial charge in [0.2, 0.25) is 5.78 Å². The van der Waals surface area contributed by atoms with Crippen molar-refractivity contribution in [1.82, 2.24) is 4.90 Å². The number of phenolic OH excluding ortho intramolecular Hbond substituents is 1. The Bertz CT molecular complexity index is 1440. The number of primary amides is 1. The molecule has 5 rings (SSSR count). The fourth-order valence-electron chi connectivity index (χ4n) is 6.26. The number of fused-ring (bicyclic) bond motifs is 4. The molecule has 2 aromatic carbocycles. The van der Waals surface area contributed by atoms with Gasteiger partial charge >= 0.3 is 0 Å². The summed E-state index contributed by atoms with van der Waals surface area (Å²) in [6, 6.07) is 6.05. The van der Waals surface area contributed by atoms with Gasteiger partial charge in [-0.2, -0.15) is 0 Å². The van der Waals surface area contributed by atoms with Crippen molar-refractivity contribution in [3.05, 3.63) is 58.1 Å². The van der Waals surface area contributed by atoms with Crippen LogP contribution in [0.1, 0.15) is 22.3 Å². The molecule has 0 bridgehead atoms. The van der Waals surface area contributed by atoms with Gasteiger partial charge in [-0.3, -0.25) is 19.3 Å². The van der Waals surface area contributed by atoms with Crippen LogP contribution >= 0.6 is 0 Å². The van der Waals surface area contributed by atoms with E-state index < -0.39 is 58.0 Å². The second-order valence-corrected chi connectivity index (χ2v) is 9.87. The summed E-state index contributed by atoms with van der Waals surface area (Å²) in [6.45, 7) is 0. The van der Waals surface area contributed by atoms with Gasteiger partial charge in [0.05, 0.1) is 11.6 Å². The van der Waals surface area contributed by atoms with Crippen LogP contribution in [0.4, 0.5) is 5.69 Å². The lowest BCUT2D eigenvalue weighted by atomic mass is 9.58. The largest absolute Gasteiger partial charge is 0.510 e. The maximum Gasteiger partial charge on any atom is 0.255 e. The van der Waals surface area contributed by atoms with Crippen molar-refractivity contribution in [2.45, 2.75) is 24.5 Å². The molecule has 3 aliphatic carbocycles. The highest BCUT2D eigenvalue weighted by Gasteiger charge is 2.63. The fourth-order valence-corrected chi connectivity index (χ4v) is 6.26. The number of amides is 1. The summed E-state index contributed by atoms with van der Waals surface area (Å²) in [5, 5.41) is 49.1. The number of anilines is 1. The van der Waals surface area contributed by atoms with Gasteiger partial charge in [-0.1, -0.05) is 12.1 Å². The van der Waals surface area contributed by atoms with Gasteiger partial charge < -0.3 is 31.5 Å². The summed E-state index contributed by atoms with van der Waals surface area (Å²) in [7, 11) is 4.94. The minimum absolute atomic E-state index is 0.00321. The molecule has 2 aromatic rings. The van der Waals surface area contributed by atoms with Crippen molar-refractivity contribution < 1.29 is 34.8 Å². The molecule has 1 amide bonds. The van der Waals surface area contributed by atoms with Crippen LogP contribution in [0, 0.1) is 11.8 Å². The second kappa shape index (κ2) is 7.81. The second-order valence-electron chi connectivity index (χ2n) is 9.87. The number of aliphatic hydroxyl groups excluding tert-OH is 2. The number of allylic oxidation sites excluding steroid dienone is 1. The fraction of sp³-hybridized carbons (Fsp3) is 0.346. The Morgan fingerprint density at radius 1 is 1.17 bits per heavy atom. The van der Waals surface area contributed by atoms with E-state index in [4.69, 9.17) is 5.73 Å². The molecule has 0 fully saturated rings. The van der Waals surface area contributed by atoms with Crippen molar-refractivity contribution in [2.75, 3.05) is 26.5 Å². The Morgan fingerprint density at radius 2 is 1.86 bits per heavy atom. The van der Waals surface area contributed by atoms with E-state index in [0.29, 0.717) is 10.9 Å². The number of hydrogen-bond acceptors (Lipinski definition) is 9. The number of likely N-dealkylation sites (N-methyl/N-ethyl adjacent to an activating group) is 1. The van der Waals surface area contributed by atoms with E-state index in [-0.39, 0.29) is 29.7 Å². The summed E-state index contributed by atoms with van der Waals surface area (Å²) in [5.41, 5.74) is 3.04. The zero-order valence-corrected chi connectivity index (χ0v) is 20.0. The predicted octanol–water partition coefficient (Wildman–Crippen LogP) is 1.32. The summed E-state index contributed by atoms with van der Waals surface area (Å²) in [4.78, 5) is 40.6. The van der Waals surface area contributed by atoms with Crippen molar-refractivity contribution in [3.63, 3.8) is 0 Å². The van der Waals surface area contributed by atoms with Crippen LogP contribution in [0.5, 0.6) is 5.75 Å². The minimum atomic E-state index is -2.64. The molecule has 0 aliphatic heterocycles. The number of Topliss-reactive ketones (excluding diaryl/α,β-unsaturated/α-hetero) is 2. The van der Waals surface area contributed by atoms with E-state index >= 15 is 0 Å². The summed E-state index contributed by atoms with van der Waals surface area (Å²) < 4.78 is 0. The van der Waals surface area contributed by atoms with Gasteiger partial charge in [0, 0.05) is 35.0 Å². The number of nitrogens with one attached hydrogen (secondary N) is 1. The number of aromatic hydroxyl groups is 1. The van der Waals surface area contributed by atoms with Gasteiger partial charge in [0.25, 0.3) is 5.91 Å². The normalized spacial score (nSPS) is 27.8. The van der Waals surface area contributed by atoms with Crippen LogP contribution < -0.4 is 11.1 Å². The van der Waals surface area contributed by atoms with Crippen molar-refractivity contribution >= 4 is 33.9 Å². The highest BCUT2D eigenvalue weighted by molar-refractivity contribution is 6.25. The smallest absolute Gasteiger partial charge is 0.255 e. The molecular formula is C26H27N3O7. The minimum Gasteiger partial charge on any atom is -0.510 e. The lowest BCUT2D eigenvalue weighted by Crippen LogP contribution is -2.63. The molecule has 36 heavy (non-hydrogen) atoms. The van der Waals surface area contributed by atoms with E-state index in [1.807, 2.05) is 12.1 Å². The number of carbonyl (C=O) groups is 3. The summed E-state index contributed by atoms with van der Waals surface area (Å²) in [5.74, 6) is -6.57. The third kappa shape index (κ3) is 2.88. The Balaban J connectivity index is 1.75. The Kier molecular flexibility index (Phi) is 5.17. The number of nitrogens with two attached hydrogens (primary N) is 1. The molecule has 7 N–H and O–H groups in total. The number of nitrogens with zero attached hydrogens (tertiary/aromatic N) is 1. The molecular weight excluding hydrogens is 466 g/mol. The molecule has 3 aliphatic rings. The molecule has 0 unspecified atom stereocenters. The molecule has 4 atom stereocenters. The molecule has 0 saturated carbocycles. The number of rotatable bonds is 3. The Morgan fingerprint density at radius 3 is 2.47 bits per heavy atom. The highest BCUT2D eigenvalue weighted by atomic mass is 16.3. The van der Waals surface area contributed by atoms with Gasteiger partial charge in [-0.15, -0.1) is 0 Å². The molecule has 0 radical (unpaired) electrons. The van der Waals surface area contributed by atoms with E-state index in [2.05, 4.69) is 5.32 Å². The van der Waals surface area contributed by atoms with E-state index in [1.54, 1.807) is 33.3 Å². The van der Waals surface area contributed by atoms with Crippen LogP contribution in [0.3, 0.4) is 0 Å². The SMILES string of the molecule is CNc1cccc2c(O)c3c(cc12)C[C@H]1C[C@H]2[C@H](N(C)C)C(O)=C(C(N)=O)C(=O)[C@@]2(O)C(O)=C1C3=O. The van der Waals surface area contributed by atoms with E-state index in [1.165, 1.54) is 4.90 Å². The monoisotopic (exact) mass is 493 g/mol. The average molecular weight is 494 g/mol. The lowest BCUT2D eigenvalue weighted by Gasteiger charge is -2.50. The van der Waals surface area contributed by atoms with Gasteiger partial charge in [-0.05, 0) is 50.6 Å². The number of benzene rings is 2. The molecule has 0 saturated heterocycles. The van der Waals surface area contributed by atoms with Crippen molar-refractivity contribution in [3.8, 4) is 5.75 Å². The maximum absolute atomic E-state index is 13.7. The van der Waals surface area contributed by atoms with E-state index in [0.717, 1.165) is 11.1 Å². The summed E-state index contributed by atoms with van der Waals surface area (Å²) >= 11 is 0. The Labute approximate surface area is 206 Å². The van der Waals surface area contributed by atoms with Crippen LogP contribution in [-0.4, -0.2) is 75.6 Å². The first-order valence-corrected chi connectivity index (χ1v) is 11.5. The average Bonchev–Trinajstić information content (AvgIpc) is 2.80. The third-order valence-electron chi connectivity index (χ3n) is 7.84. The van der Waals surface area contributed by atoms with E-state index in [9.17, 15) is 34.8 Å². The number of carbonyl (C=O) groups excluding carboxylic acids is 3. The first-order valence-electron chi connectivity index (χ1n) is 11.5. The Hall–Kier alpha value is -3.89. The third-order valence-corrected chi connectivity index (χ3v) is 7.84. The molecule has 0 aromatic heterocycles. The topological polar surface area (TPSA) is 173 Å². The molecule has 10 nitrogen and oxygen atoms in total. The first-order chi connectivity index (χ1) is 16.9. The maximum atomic E-state index is 13.7. The molecule has 0 spiro atoms. The van der Waals surface area contributed by atoms with Crippen LogP contribution in [0.15, 0.2) is 46.9 Å².